The van der Waals surface area contributed by atoms with Gasteiger partial charge in [-0.1, -0.05) is 12.1 Å². The average molecular weight is 255 g/mol. The maximum absolute atomic E-state index is 10.7. The highest BCUT2D eigenvalue weighted by Gasteiger charge is 2.18. The molecule has 0 saturated carbocycles. The van der Waals surface area contributed by atoms with Gasteiger partial charge in [0.2, 0.25) is 5.91 Å². The fourth-order valence-electron chi connectivity index (χ4n) is 1.56. The summed E-state index contributed by atoms with van der Waals surface area (Å²) >= 11 is 0. The Kier molecular flexibility index (Phi) is 3.43. The van der Waals surface area contributed by atoms with Gasteiger partial charge in [0.15, 0.2) is 0 Å². The second-order valence-electron chi connectivity index (χ2n) is 3.09. The molecule has 74 valence electrons. The number of rotatable bonds is 2. The molecule has 0 radical (unpaired) electrons. The maximum atomic E-state index is 10.7. The van der Waals surface area contributed by atoms with Crippen LogP contribution in [0.4, 0.5) is 5.69 Å². The van der Waals surface area contributed by atoms with E-state index < -0.39 is 0 Å². The number of carbonyl (C=O) groups excluding carboxylic acids is 1. The van der Waals surface area contributed by atoms with Crippen molar-refractivity contribution in [2.75, 3.05) is 0 Å². The monoisotopic (exact) mass is 254 g/mol. The molecule has 0 saturated heterocycles. The molecule has 3 nitrogen and oxygen atoms in total. The van der Waals surface area contributed by atoms with Crippen LogP contribution >= 0.6 is 0 Å². The van der Waals surface area contributed by atoms with E-state index in [1.54, 1.807) is 0 Å². The average Bonchev–Trinajstić information content (AvgIpc) is 2.48. The standard InChI is InChI=1S/C10H10N2O.BrH/c11-10(13)5-7-6-12-9-4-2-1-3-8(7)9;/h1-4,6,12H,5H2,(H2,11,13);1H. The zero-order valence-corrected chi connectivity index (χ0v) is 9.12. The summed E-state index contributed by atoms with van der Waals surface area (Å²) in [4.78, 5) is 10.7. The van der Waals surface area contributed by atoms with E-state index in [1.165, 1.54) is 5.69 Å². The number of halogens is 1. The second kappa shape index (κ2) is 4.39. The van der Waals surface area contributed by atoms with E-state index in [2.05, 4.69) is 0 Å². The molecular formula is C10H11BrN2O. The first-order chi connectivity index (χ1) is 6.27. The van der Waals surface area contributed by atoms with E-state index in [9.17, 15) is 4.79 Å². The smallest absolute Gasteiger partial charge is 0.222 e. The summed E-state index contributed by atoms with van der Waals surface area (Å²) in [6, 6.07) is 7.98. The minimum absolute atomic E-state index is 0. The summed E-state index contributed by atoms with van der Waals surface area (Å²) in [5.41, 5.74) is 8.44. The first-order valence-corrected chi connectivity index (χ1v) is 4.19. The summed E-state index contributed by atoms with van der Waals surface area (Å²) < 4.78 is 0. The van der Waals surface area contributed by atoms with Crippen LogP contribution in [0.25, 0.3) is 5.57 Å². The third kappa shape index (κ3) is 2.02. The van der Waals surface area contributed by atoms with Crippen LogP contribution in [0.15, 0.2) is 30.5 Å². The van der Waals surface area contributed by atoms with Gasteiger partial charge in [-0.2, -0.15) is 0 Å². The molecule has 1 heterocycles. The first kappa shape index (κ1) is 10.9. The zero-order chi connectivity index (χ0) is 9.26. The molecule has 0 aromatic heterocycles. The Morgan fingerprint density at radius 2 is 2.07 bits per heavy atom. The Morgan fingerprint density at radius 1 is 1.36 bits per heavy atom. The summed E-state index contributed by atoms with van der Waals surface area (Å²) in [5.74, 6) is -0.281. The van der Waals surface area contributed by atoms with Crippen molar-refractivity contribution in [3.05, 3.63) is 36.0 Å². The molecule has 0 aliphatic carbocycles. The molecular weight excluding hydrogens is 244 g/mol. The second-order valence-corrected chi connectivity index (χ2v) is 3.09. The van der Waals surface area contributed by atoms with Gasteiger partial charge in [0.1, 0.15) is 11.9 Å². The number of hydrogen-bond donors (Lipinski definition) is 2. The van der Waals surface area contributed by atoms with E-state index in [0.29, 0.717) is 6.42 Å². The maximum Gasteiger partial charge on any atom is 0.222 e. The highest BCUT2D eigenvalue weighted by Crippen LogP contribution is 2.25. The van der Waals surface area contributed by atoms with Gasteiger partial charge < -0.3 is 22.7 Å². The van der Waals surface area contributed by atoms with Gasteiger partial charge in [-0.15, -0.1) is 0 Å². The SMILES string of the molecule is NC(=O)CC1=C[NH2+]c2ccccc21.[Br-]. The van der Waals surface area contributed by atoms with Crippen LogP contribution in [0.1, 0.15) is 12.0 Å². The highest BCUT2D eigenvalue weighted by molar-refractivity contribution is 5.90. The number of nitrogens with two attached hydrogens (primary N) is 2. The molecule has 4 N–H and O–H groups in total. The quantitative estimate of drug-likeness (QED) is 0.548. The first-order valence-electron chi connectivity index (χ1n) is 4.19. The summed E-state index contributed by atoms with van der Waals surface area (Å²) in [7, 11) is 0. The third-order valence-electron chi connectivity index (χ3n) is 2.14. The number of benzene rings is 1. The Hall–Kier alpha value is -1.13. The van der Waals surface area contributed by atoms with E-state index in [0.717, 1.165) is 11.1 Å². The molecule has 1 aliphatic heterocycles. The molecule has 2 rings (SSSR count). The normalized spacial score (nSPS) is 12.7. The fraction of sp³-hybridized carbons (Fsp3) is 0.100. The van der Waals surface area contributed by atoms with Crippen LogP contribution in [-0.2, 0) is 4.79 Å². The predicted molar refractivity (Wildman–Crippen MR) is 49.8 cm³/mol. The van der Waals surface area contributed by atoms with Gasteiger partial charge in [-0.25, -0.2) is 0 Å². The van der Waals surface area contributed by atoms with Gasteiger partial charge in [0.25, 0.3) is 0 Å². The molecule has 14 heavy (non-hydrogen) atoms. The highest BCUT2D eigenvalue weighted by atomic mass is 79.9. The van der Waals surface area contributed by atoms with Crippen LogP contribution in [0.3, 0.4) is 0 Å². The Bertz CT molecular complexity index is 387. The predicted octanol–water partition coefficient (Wildman–Crippen LogP) is -2.88. The van der Waals surface area contributed by atoms with Crippen LogP contribution in [-0.4, -0.2) is 5.91 Å². The van der Waals surface area contributed by atoms with E-state index in [-0.39, 0.29) is 22.9 Å². The Labute approximate surface area is 92.8 Å². The van der Waals surface area contributed by atoms with Crippen molar-refractivity contribution in [3.8, 4) is 0 Å². The number of hydrogen-bond acceptors (Lipinski definition) is 1. The van der Waals surface area contributed by atoms with E-state index >= 15 is 0 Å². The summed E-state index contributed by atoms with van der Waals surface area (Å²) in [5, 5.41) is 2.01. The van der Waals surface area contributed by atoms with Crippen molar-refractivity contribution >= 4 is 17.2 Å². The molecule has 0 spiro atoms. The van der Waals surface area contributed by atoms with Gasteiger partial charge >= 0.3 is 0 Å². The number of quaternary nitrogens is 1. The van der Waals surface area contributed by atoms with E-state index in [1.807, 2.05) is 35.8 Å². The van der Waals surface area contributed by atoms with Crippen LogP contribution in [0, 0.1) is 0 Å². The van der Waals surface area contributed by atoms with Crippen LogP contribution in [0.2, 0.25) is 0 Å². The Morgan fingerprint density at radius 3 is 2.79 bits per heavy atom. The van der Waals surface area contributed by atoms with Crippen molar-refractivity contribution in [2.24, 2.45) is 5.73 Å². The van der Waals surface area contributed by atoms with Crippen molar-refractivity contribution in [1.29, 1.82) is 0 Å². The molecule has 1 aliphatic rings. The van der Waals surface area contributed by atoms with Gasteiger partial charge in [-0.3, -0.25) is 10.1 Å². The van der Waals surface area contributed by atoms with Gasteiger partial charge in [0.05, 0.1) is 6.42 Å². The number of primary amides is 1. The van der Waals surface area contributed by atoms with Gasteiger partial charge in [0, 0.05) is 17.2 Å². The van der Waals surface area contributed by atoms with Crippen molar-refractivity contribution < 1.29 is 27.1 Å². The molecule has 1 amide bonds. The van der Waals surface area contributed by atoms with Crippen molar-refractivity contribution in [2.45, 2.75) is 6.42 Å². The van der Waals surface area contributed by atoms with E-state index in [4.69, 9.17) is 5.73 Å². The van der Waals surface area contributed by atoms with Crippen LogP contribution in [0.5, 0.6) is 0 Å². The minimum atomic E-state index is -0.281. The molecule has 0 atom stereocenters. The van der Waals surface area contributed by atoms with Gasteiger partial charge in [-0.05, 0) is 6.07 Å². The number of amides is 1. The molecule has 0 fully saturated rings. The van der Waals surface area contributed by atoms with Crippen molar-refractivity contribution in [1.82, 2.24) is 0 Å². The number of para-hydroxylation sites is 1. The summed E-state index contributed by atoms with van der Waals surface area (Å²) in [6.45, 7) is 0. The lowest BCUT2D eigenvalue weighted by Gasteiger charge is -1.97. The largest absolute Gasteiger partial charge is 1.00 e. The topological polar surface area (TPSA) is 59.7 Å². The lowest BCUT2D eigenvalue weighted by molar-refractivity contribution is -0.491. The van der Waals surface area contributed by atoms with Crippen LogP contribution < -0.4 is 28.0 Å². The molecule has 4 heteroatoms. The fourth-order valence-corrected chi connectivity index (χ4v) is 1.56. The third-order valence-corrected chi connectivity index (χ3v) is 2.14. The number of fused-ring (bicyclic) bond motifs is 1. The molecule has 1 aromatic rings. The van der Waals surface area contributed by atoms with Crippen molar-refractivity contribution in [3.63, 3.8) is 0 Å². The molecule has 0 unspecified atom stereocenters. The summed E-state index contributed by atoms with van der Waals surface area (Å²) in [6.07, 6.45) is 2.28. The zero-order valence-electron chi connectivity index (χ0n) is 7.53. The minimum Gasteiger partial charge on any atom is -1.00 e. The molecule has 0 bridgehead atoms. The number of carbonyl (C=O) groups is 1. The molecule has 1 aromatic carbocycles. The lowest BCUT2D eigenvalue weighted by atomic mass is 10.0. The lowest BCUT2D eigenvalue weighted by Crippen LogP contribution is -3.00. The Balaban J connectivity index is 0.000000980.